The van der Waals surface area contributed by atoms with Gasteiger partial charge in [-0.3, -0.25) is 0 Å². The molecule has 2 aromatic heterocycles. The number of fused-ring (bicyclic) bond motifs is 1. The fourth-order valence-corrected chi connectivity index (χ4v) is 3.17. The molecule has 0 fully saturated rings. The summed E-state index contributed by atoms with van der Waals surface area (Å²) in [7, 11) is 1.90. The zero-order chi connectivity index (χ0) is 12.5. The van der Waals surface area contributed by atoms with Gasteiger partial charge in [-0.05, 0) is 22.4 Å². The van der Waals surface area contributed by atoms with Crippen LogP contribution in [0.1, 0.15) is 17.4 Å². The van der Waals surface area contributed by atoms with E-state index in [1.54, 1.807) is 23.9 Å². The van der Waals surface area contributed by atoms with Gasteiger partial charge in [0.1, 0.15) is 0 Å². The fourth-order valence-electron chi connectivity index (χ4n) is 2.19. The van der Waals surface area contributed by atoms with Crippen LogP contribution in [0.2, 0.25) is 0 Å². The molecule has 0 saturated carbocycles. The van der Waals surface area contributed by atoms with Gasteiger partial charge < -0.3 is 9.67 Å². The Hall–Kier alpha value is -1.65. The Bertz CT molecular complexity index is 671. The zero-order valence-corrected chi connectivity index (χ0v) is 10.9. The lowest BCUT2D eigenvalue weighted by Crippen LogP contribution is -2.06. The van der Waals surface area contributed by atoms with Gasteiger partial charge in [0.2, 0.25) is 0 Å². The Balaban J connectivity index is 1.91. The van der Waals surface area contributed by atoms with Gasteiger partial charge in [-0.2, -0.15) is 0 Å². The van der Waals surface area contributed by atoms with Crippen LogP contribution in [-0.4, -0.2) is 14.7 Å². The summed E-state index contributed by atoms with van der Waals surface area (Å²) in [5.41, 5.74) is 2.05. The highest BCUT2D eigenvalue weighted by Crippen LogP contribution is 2.29. The minimum atomic E-state index is -0.504. The van der Waals surface area contributed by atoms with Crippen LogP contribution in [0, 0.1) is 0 Å². The SMILES string of the molecule is Cn1cncc1C(O)Cc1csc2ccccc12. The smallest absolute Gasteiger partial charge is 0.0996 e. The number of aliphatic hydroxyl groups excluding tert-OH is 1. The van der Waals surface area contributed by atoms with E-state index in [0.29, 0.717) is 6.42 Å². The zero-order valence-electron chi connectivity index (χ0n) is 10.1. The van der Waals surface area contributed by atoms with Crippen molar-refractivity contribution < 1.29 is 5.11 Å². The van der Waals surface area contributed by atoms with E-state index >= 15 is 0 Å². The highest BCUT2D eigenvalue weighted by atomic mass is 32.1. The second-order valence-corrected chi connectivity index (χ2v) is 5.32. The number of rotatable bonds is 3. The number of benzene rings is 1. The third-order valence-corrected chi connectivity index (χ3v) is 4.18. The molecule has 0 bridgehead atoms. The molecule has 0 spiro atoms. The molecular formula is C14H14N2OS. The lowest BCUT2D eigenvalue weighted by molar-refractivity contribution is 0.170. The molecule has 0 aliphatic heterocycles. The van der Waals surface area contributed by atoms with Gasteiger partial charge in [0, 0.05) is 18.2 Å². The number of imidazole rings is 1. The molecule has 2 heterocycles. The van der Waals surface area contributed by atoms with Crippen LogP contribution >= 0.6 is 11.3 Å². The average Bonchev–Trinajstić information content (AvgIpc) is 2.97. The number of hydrogen-bond acceptors (Lipinski definition) is 3. The summed E-state index contributed by atoms with van der Waals surface area (Å²) in [6.07, 6.45) is 3.56. The number of aromatic nitrogens is 2. The van der Waals surface area contributed by atoms with Crippen molar-refractivity contribution in [2.75, 3.05) is 0 Å². The molecular weight excluding hydrogens is 244 g/mol. The van der Waals surface area contributed by atoms with Crippen molar-refractivity contribution in [3.8, 4) is 0 Å². The van der Waals surface area contributed by atoms with E-state index in [4.69, 9.17) is 0 Å². The molecule has 3 rings (SSSR count). The Morgan fingerprint density at radius 1 is 1.39 bits per heavy atom. The van der Waals surface area contributed by atoms with E-state index in [2.05, 4.69) is 22.5 Å². The van der Waals surface area contributed by atoms with Crippen molar-refractivity contribution in [2.24, 2.45) is 7.05 Å². The maximum atomic E-state index is 10.3. The summed E-state index contributed by atoms with van der Waals surface area (Å²) in [6, 6.07) is 8.30. The first kappa shape index (κ1) is 11.4. The minimum Gasteiger partial charge on any atom is -0.386 e. The first-order valence-electron chi connectivity index (χ1n) is 5.85. The summed E-state index contributed by atoms with van der Waals surface area (Å²) in [6.45, 7) is 0. The lowest BCUT2D eigenvalue weighted by Gasteiger charge is -2.10. The predicted octanol–water partition coefficient (Wildman–Crippen LogP) is 2.91. The molecule has 3 nitrogen and oxygen atoms in total. The number of thiophene rings is 1. The predicted molar refractivity (Wildman–Crippen MR) is 73.7 cm³/mol. The summed E-state index contributed by atoms with van der Waals surface area (Å²) in [4.78, 5) is 4.04. The van der Waals surface area contributed by atoms with Crippen LogP contribution in [0.3, 0.4) is 0 Å². The second kappa shape index (κ2) is 4.55. The van der Waals surface area contributed by atoms with Crippen molar-refractivity contribution >= 4 is 21.4 Å². The summed E-state index contributed by atoms with van der Waals surface area (Å²) in [5, 5.41) is 13.6. The van der Waals surface area contributed by atoms with E-state index in [0.717, 1.165) is 5.69 Å². The molecule has 18 heavy (non-hydrogen) atoms. The molecule has 92 valence electrons. The molecule has 0 aliphatic rings. The number of aryl methyl sites for hydroxylation is 1. The van der Waals surface area contributed by atoms with E-state index in [1.165, 1.54) is 15.6 Å². The number of nitrogens with zero attached hydrogens (tertiary/aromatic N) is 2. The second-order valence-electron chi connectivity index (χ2n) is 4.41. The monoisotopic (exact) mass is 258 g/mol. The molecule has 1 atom stereocenters. The maximum absolute atomic E-state index is 10.3. The normalized spacial score (nSPS) is 13.0. The summed E-state index contributed by atoms with van der Waals surface area (Å²) in [5.74, 6) is 0. The standard InChI is InChI=1S/C14H14N2OS/c1-16-9-15-7-12(16)13(17)6-10-8-18-14-5-3-2-4-11(10)14/h2-5,7-9,13,17H,6H2,1H3. The molecule has 0 radical (unpaired) electrons. The Labute approximate surface area is 109 Å². The average molecular weight is 258 g/mol. The van der Waals surface area contributed by atoms with Gasteiger partial charge in [-0.1, -0.05) is 18.2 Å². The number of hydrogen-bond donors (Lipinski definition) is 1. The maximum Gasteiger partial charge on any atom is 0.0996 e. The van der Waals surface area contributed by atoms with E-state index in [1.807, 2.05) is 23.7 Å². The summed E-state index contributed by atoms with van der Waals surface area (Å²) < 4.78 is 3.13. The third-order valence-electron chi connectivity index (χ3n) is 3.17. The topological polar surface area (TPSA) is 38.0 Å². The molecule has 4 heteroatoms. The van der Waals surface area contributed by atoms with Gasteiger partial charge in [-0.25, -0.2) is 4.98 Å². The first-order valence-corrected chi connectivity index (χ1v) is 6.73. The van der Waals surface area contributed by atoms with Crippen molar-refractivity contribution in [1.29, 1.82) is 0 Å². The number of aliphatic hydroxyl groups is 1. The Morgan fingerprint density at radius 2 is 2.22 bits per heavy atom. The van der Waals surface area contributed by atoms with E-state index < -0.39 is 6.10 Å². The van der Waals surface area contributed by atoms with Crippen molar-refractivity contribution in [2.45, 2.75) is 12.5 Å². The van der Waals surface area contributed by atoms with Gasteiger partial charge in [-0.15, -0.1) is 11.3 Å². The molecule has 1 N–H and O–H groups in total. The molecule has 3 aromatic rings. The van der Waals surface area contributed by atoms with Gasteiger partial charge in [0.25, 0.3) is 0 Å². The van der Waals surface area contributed by atoms with Crippen molar-refractivity contribution in [1.82, 2.24) is 9.55 Å². The molecule has 0 amide bonds. The molecule has 0 aliphatic carbocycles. The van der Waals surface area contributed by atoms with Gasteiger partial charge >= 0.3 is 0 Å². The van der Waals surface area contributed by atoms with Crippen LogP contribution < -0.4 is 0 Å². The summed E-state index contributed by atoms with van der Waals surface area (Å²) >= 11 is 1.72. The quantitative estimate of drug-likeness (QED) is 0.784. The van der Waals surface area contributed by atoms with Crippen LogP contribution in [0.5, 0.6) is 0 Å². The van der Waals surface area contributed by atoms with E-state index in [-0.39, 0.29) is 0 Å². The highest BCUT2D eigenvalue weighted by molar-refractivity contribution is 7.17. The van der Waals surface area contributed by atoms with Crippen LogP contribution in [-0.2, 0) is 13.5 Å². The molecule has 1 aromatic carbocycles. The van der Waals surface area contributed by atoms with Crippen molar-refractivity contribution in [3.63, 3.8) is 0 Å². The van der Waals surface area contributed by atoms with Crippen LogP contribution in [0.25, 0.3) is 10.1 Å². The Kier molecular flexibility index (Phi) is 2.89. The third kappa shape index (κ3) is 1.94. The van der Waals surface area contributed by atoms with Gasteiger partial charge in [0.05, 0.1) is 24.3 Å². The highest BCUT2D eigenvalue weighted by Gasteiger charge is 2.14. The van der Waals surface area contributed by atoms with Crippen LogP contribution in [0.4, 0.5) is 0 Å². The minimum absolute atomic E-state index is 0.504. The molecule has 1 unspecified atom stereocenters. The van der Waals surface area contributed by atoms with Crippen molar-refractivity contribution in [3.05, 3.63) is 53.4 Å². The largest absolute Gasteiger partial charge is 0.386 e. The molecule has 0 saturated heterocycles. The lowest BCUT2D eigenvalue weighted by atomic mass is 10.1. The van der Waals surface area contributed by atoms with Crippen LogP contribution in [0.15, 0.2) is 42.2 Å². The van der Waals surface area contributed by atoms with Gasteiger partial charge in [0.15, 0.2) is 0 Å². The fraction of sp³-hybridized carbons (Fsp3) is 0.214. The van der Waals surface area contributed by atoms with E-state index in [9.17, 15) is 5.11 Å². The Morgan fingerprint density at radius 3 is 3.00 bits per heavy atom. The first-order chi connectivity index (χ1) is 8.75.